The van der Waals surface area contributed by atoms with Gasteiger partial charge in [0.05, 0.1) is 23.2 Å². The maximum atomic E-state index is 11.0. The topological polar surface area (TPSA) is 85.5 Å². The Morgan fingerprint density at radius 2 is 2.17 bits per heavy atom. The van der Waals surface area contributed by atoms with Crippen molar-refractivity contribution in [1.29, 1.82) is 0 Å². The summed E-state index contributed by atoms with van der Waals surface area (Å²) in [6, 6.07) is 6.64. The van der Waals surface area contributed by atoms with E-state index in [1.165, 1.54) is 12.1 Å². The van der Waals surface area contributed by atoms with Gasteiger partial charge in [-0.2, -0.15) is 5.10 Å². The summed E-state index contributed by atoms with van der Waals surface area (Å²) in [5.74, 6) is 0.549. The van der Waals surface area contributed by atoms with Gasteiger partial charge in [-0.3, -0.25) is 14.8 Å². The normalized spacial score (nSPS) is 14.7. The first-order valence-electron chi connectivity index (χ1n) is 7.58. The van der Waals surface area contributed by atoms with E-state index in [4.69, 9.17) is 4.74 Å². The molecule has 23 heavy (non-hydrogen) atoms. The SMILES string of the molecule is O=[N+]([O-])c1ccc(N2CCNCC2)c(OCCn2cccn2)c1. The average molecular weight is 317 g/mol. The Bertz CT molecular complexity index is 653. The molecule has 2 heterocycles. The van der Waals surface area contributed by atoms with Gasteiger partial charge in [0.1, 0.15) is 12.4 Å². The lowest BCUT2D eigenvalue weighted by molar-refractivity contribution is -0.384. The molecule has 1 aliphatic heterocycles. The molecule has 3 rings (SSSR count). The minimum Gasteiger partial charge on any atom is -0.489 e. The van der Waals surface area contributed by atoms with E-state index in [2.05, 4.69) is 15.3 Å². The summed E-state index contributed by atoms with van der Waals surface area (Å²) in [7, 11) is 0. The molecule has 0 radical (unpaired) electrons. The van der Waals surface area contributed by atoms with Crippen LogP contribution < -0.4 is 15.0 Å². The Hall–Kier alpha value is -2.61. The molecule has 1 saturated heterocycles. The summed E-state index contributed by atoms with van der Waals surface area (Å²) >= 11 is 0. The smallest absolute Gasteiger partial charge is 0.273 e. The minimum atomic E-state index is -0.401. The number of nitrogens with zero attached hydrogens (tertiary/aromatic N) is 4. The van der Waals surface area contributed by atoms with E-state index >= 15 is 0 Å². The van der Waals surface area contributed by atoms with Gasteiger partial charge in [0.25, 0.3) is 5.69 Å². The number of anilines is 1. The number of hydrogen-bond donors (Lipinski definition) is 1. The third kappa shape index (κ3) is 3.78. The number of nitro groups is 1. The fourth-order valence-electron chi connectivity index (χ4n) is 2.58. The zero-order valence-corrected chi connectivity index (χ0v) is 12.7. The summed E-state index contributed by atoms with van der Waals surface area (Å²) in [6.45, 7) is 4.49. The second-order valence-corrected chi connectivity index (χ2v) is 5.26. The highest BCUT2D eigenvalue weighted by Crippen LogP contribution is 2.32. The van der Waals surface area contributed by atoms with Crippen molar-refractivity contribution in [3.63, 3.8) is 0 Å². The van der Waals surface area contributed by atoms with Crippen molar-refractivity contribution in [3.05, 3.63) is 46.8 Å². The summed E-state index contributed by atoms with van der Waals surface area (Å²) in [5.41, 5.74) is 0.940. The molecule has 0 unspecified atom stereocenters. The van der Waals surface area contributed by atoms with Crippen LogP contribution >= 0.6 is 0 Å². The largest absolute Gasteiger partial charge is 0.489 e. The van der Waals surface area contributed by atoms with Gasteiger partial charge in [-0.25, -0.2) is 0 Å². The predicted molar refractivity (Wildman–Crippen MR) is 85.9 cm³/mol. The van der Waals surface area contributed by atoms with Crippen molar-refractivity contribution in [1.82, 2.24) is 15.1 Å². The predicted octanol–water partition coefficient (Wildman–Crippen LogP) is 1.28. The van der Waals surface area contributed by atoms with E-state index in [1.807, 2.05) is 12.3 Å². The van der Waals surface area contributed by atoms with Crippen LogP contribution in [0.4, 0.5) is 11.4 Å². The highest BCUT2D eigenvalue weighted by molar-refractivity contribution is 5.62. The standard InChI is InChI=1S/C15H19N5O3/c21-20(22)13-2-3-14(18-8-5-16-6-9-18)15(12-13)23-11-10-19-7-1-4-17-19/h1-4,7,12,16H,5-6,8-11H2. The molecule has 0 bridgehead atoms. The molecule has 1 aromatic heterocycles. The van der Waals surface area contributed by atoms with Crippen LogP contribution in [0.5, 0.6) is 5.75 Å². The van der Waals surface area contributed by atoms with E-state index in [0.717, 1.165) is 31.9 Å². The van der Waals surface area contributed by atoms with Crippen LogP contribution in [0, 0.1) is 10.1 Å². The number of rotatable bonds is 6. The fourth-order valence-corrected chi connectivity index (χ4v) is 2.58. The number of nitrogens with one attached hydrogen (secondary N) is 1. The second kappa shape index (κ2) is 7.10. The monoisotopic (exact) mass is 317 g/mol. The average Bonchev–Trinajstić information content (AvgIpc) is 3.09. The number of aromatic nitrogens is 2. The molecule has 2 aromatic rings. The van der Waals surface area contributed by atoms with Crippen LogP contribution in [0.15, 0.2) is 36.7 Å². The van der Waals surface area contributed by atoms with Gasteiger partial charge >= 0.3 is 0 Å². The van der Waals surface area contributed by atoms with Crippen molar-refractivity contribution in [2.75, 3.05) is 37.7 Å². The van der Waals surface area contributed by atoms with Gasteiger partial charge in [0.15, 0.2) is 0 Å². The maximum absolute atomic E-state index is 11.0. The number of benzene rings is 1. The number of piperazine rings is 1. The first-order chi connectivity index (χ1) is 11.2. The third-order valence-electron chi connectivity index (χ3n) is 3.75. The van der Waals surface area contributed by atoms with Gasteiger partial charge in [0, 0.05) is 44.6 Å². The second-order valence-electron chi connectivity index (χ2n) is 5.26. The van der Waals surface area contributed by atoms with Crippen molar-refractivity contribution >= 4 is 11.4 Å². The third-order valence-corrected chi connectivity index (χ3v) is 3.75. The molecule has 0 saturated carbocycles. The lowest BCUT2D eigenvalue weighted by Gasteiger charge is -2.30. The Morgan fingerprint density at radius 1 is 1.35 bits per heavy atom. The first-order valence-corrected chi connectivity index (χ1v) is 7.58. The lowest BCUT2D eigenvalue weighted by Crippen LogP contribution is -2.43. The van der Waals surface area contributed by atoms with Gasteiger partial charge in [0.2, 0.25) is 0 Å². The molecule has 0 spiro atoms. The van der Waals surface area contributed by atoms with E-state index in [0.29, 0.717) is 18.9 Å². The minimum absolute atomic E-state index is 0.0398. The van der Waals surface area contributed by atoms with Crippen molar-refractivity contribution < 1.29 is 9.66 Å². The van der Waals surface area contributed by atoms with Crippen LogP contribution in [0.2, 0.25) is 0 Å². The van der Waals surface area contributed by atoms with E-state index in [1.54, 1.807) is 16.9 Å². The molecule has 1 N–H and O–H groups in total. The first kappa shape index (κ1) is 15.3. The van der Waals surface area contributed by atoms with E-state index < -0.39 is 4.92 Å². The molecule has 1 aliphatic rings. The highest BCUT2D eigenvalue weighted by atomic mass is 16.6. The Kier molecular flexibility index (Phi) is 4.72. The lowest BCUT2D eigenvalue weighted by atomic mass is 10.2. The molecule has 0 atom stereocenters. The molecule has 1 fully saturated rings. The van der Waals surface area contributed by atoms with E-state index in [-0.39, 0.29) is 5.69 Å². The number of ether oxygens (including phenoxy) is 1. The zero-order valence-electron chi connectivity index (χ0n) is 12.7. The summed E-state index contributed by atoms with van der Waals surface area (Å²) in [6.07, 6.45) is 3.56. The Balaban J connectivity index is 1.75. The molecule has 0 amide bonds. The van der Waals surface area contributed by atoms with Gasteiger partial charge < -0.3 is 15.0 Å². The number of non-ortho nitro benzene ring substituents is 1. The number of hydrogen-bond acceptors (Lipinski definition) is 6. The quantitative estimate of drug-likeness (QED) is 0.638. The molecule has 1 aromatic carbocycles. The summed E-state index contributed by atoms with van der Waals surface area (Å²) in [5, 5.41) is 18.4. The van der Waals surface area contributed by atoms with Crippen molar-refractivity contribution in [3.8, 4) is 5.75 Å². The molecule has 0 aliphatic carbocycles. The van der Waals surface area contributed by atoms with E-state index in [9.17, 15) is 10.1 Å². The van der Waals surface area contributed by atoms with Crippen LogP contribution in [0.25, 0.3) is 0 Å². The maximum Gasteiger partial charge on any atom is 0.273 e. The van der Waals surface area contributed by atoms with Crippen LogP contribution in [-0.2, 0) is 6.54 Å². The molecule has 8 heteroatoms. The zero-order chi connectivity index (χ0) is 16.1. The Labute approximate surface area is 133 Å². The summed E-state index contributed by atoms with van der Waals surface area (Å²) in [4.78, 5) is 12.8. The van der Waals surface area contributed by atoms with Gasteiger partial charge in [-0.15, -0.1) is 0 Å². The molecular weight excluding hydrogens is 298 g/mol. The Morgan fingerprint density at radius 3 is 2.87 bits per heavy atom. The number of nitro benzene ring substituents is 1. The molecular formula is C15H19N5O3. The van der Waals surface area contributed by atoms with Crippen molar-refractivity contribution in [2.45, 2.75) is 6.54 Å². The highest BCUT2D eigenvalue weighted by Gasteiger charge is 2.18. The fraction of sp³-hybridized carbons (Fsp3) is 0.400. The van der Waals surface area contributed by atoms with Crippen LogP contribution in [-0.4, -0.2) is 47.5 Å². The van der Waals surface area contributed by atoms with Gasteiger partial charge in [-0.1, -0.05) is 0 Å². The van der Waals surface area contributed by atoms with Crippen LogP contribution in [0.1, 0.15) is 0 Å². The van der Waals surface area contributed by atoms with Gasteiger partial charge in [-0.05, 0) is 12.1 Å². The molecule has 8 nitrogen and oxygen atoms in total. The van der Waals surface area contributed by atoms with Crippen molar-refractivity contribution in [2.24, 2.45) is 0 Å². The molecule has 122 valence electrons. The van der Waals surface area contributed by atoms with Crippen LogP contribution in [0.3, 0.4) is 0 Å². The summed E-state index contributed by atoms with van der Waals surface area (Å²) < 4.78 is 7.59.